The molecule has 1 aliphatic rings. The Morgan fingerprint density at radius 3 is 2.60 bits per heavy atom. The van der Waals surface area contributed by atoms with Crippen LogP contribution in [0.4, 0.5) is 0 Å². The van der Waals surface area contributed by atoms with Gasteiger partial charge in [0.15, 0.2) is 0 Å². The molecule has 1 heterocycles. The number of nitrogens with zero attached hydrogens (tertiary/aromatic N) is 1. The minimum absolute atomic E-state index is 0.00369. The van der Waals surface area contributed by atoms with Gasteiger partial charge in [0.05, 0.1) is 12.7 Å². The van der Waals surface area contributed by atoms with E-state index < -0.39 is 0 Å². The van der Waals surface area contributed by atoms with Crippen molar-refractivity contribution in [2.45, 2.75) is 25.5 Å². The van der Waals surface area contributed by atoms with E-state index in [1.54, 1.807) is 24.3 Å². The largest absolute Gasteiger partial charge is 0.374 e. The Kier molecular flexibility index (Phi) is 8.68. The Hall–Kier alpha value is -2.41. The zero-order valence-corrected chi connectivity index (χ0v) is 17.7. The van der Waals surface area contributed by atoms with Gasteiger partial charge in [-0.05, 0) is 36.2 Å². The molecular formula is C23H28ClN3O3. The summed E-state index contributed by atoms with van der Waals surface area (Å²) in [7, 11) is 0. The normalized spacial score (nSPS) is 16.8. The van der Waals surface area contributed by atoms with Crippen LogP contribution in [0.2, 0.25) is 5.02 Å². The molecule has 0 spiro atoms. The first kappa shape index (κ1) is 22.3. The Labute approximate surface area is 182 Å². The molecule has 2 aromatic rings. The number of hydrogen-bond acceptors (Lipinski definition) is 4. The molecule has 0 aliphatic carbocycles. The van der Waals surface area contributed by atoms with Crippen LogP contribution in [-0.4, -0.2) is 55.6 Å². The van der Waals surface area contributed by atoms with E-state index in [0.717, 1.165) is 19.6 Å². The van der Waals surface area contributed by atoms with E-state index in [-0.39, 0.29) is 17.9 Å². The molecule has 2 aromatic carbocycles. The quantitative estimate of drug-likeness (QED) is 0.601. The summed E-state index contributed by atoms with van der Waals surface area (Å²) < 4.78 is 5.79. The standard InChI is InChI=1S/C23H28ClN3O3/c24-20-10-8-19(9-11-20)23(29)25-12-4-7-22(28)26-15-21-17-27(13-14-30-21)16-18-5-2-1-3-6-18/h1-3,5-6,8-11,21H,4,7,12-17H2,(H,25,29)(H,26,28). The number of rotatable bonds is 9. The van der Waals surface area contributed by atoms with Gasteiger partial charge in [-0.15, -0.1) is 0 Å². The van der Waals surface area contributed by atoms with E-state index in [1.807, 2.05) is 18.2 Å². The van der Waals surface area contributed by atoms with Crippen molar-refractivity contribution in [3.05, 3.63) is 70.7 Å². The summed E-state index contributed by atoms with van der Waals surface area (Å²) in [5, 5.41) is 6.35. The van der Waals surface area contributed by atoms with Crippen LogP contribution in [0.1, 0.15) is 28.8 Å². The summed E-state index contributed by atoms with van der Waals surface area (Å²) in [6, 6.07) is 17.1. The molecule has 3 rings (SSSR count). The lowest BCUT2D eigenvalue weighted by atomic mass is 10.2. The lowest BCUT2D eigenvalue weighted by molar-refractivity contribution is -0.122. The fourth-order valence-electron chi connectivity index (χ4n) is 3.36. The van der Waals surface area contributed by atoms with Gasteiger partial charge in [0, 0.05) is 49.7 Å². The molecular weight excluding hydrogens is 402 g/mol. The van der Waals surface area contributed by atoms with Crippen molar-refractivity contribution in [1.82, 2.24) is 15.5 Å². The summed E-state index contributed by atoms with van der Waals surface area (Å²) in [4.78, 5) is 26.5. The molecule has 1 atom stereocenters. The van der Waals surface area contributed by atoms with E-state index in [0.29, 0.717) is 43.1 Å². The molecule has 30 heavy (non-hydrogen) atoms. The van der Waals surface area contributed by atoms with Crippen LogP contribution in [0.3, 0.4) is 0 Å². The van der Waals surface area contributed by atoms with Crippen molar-refractivity contribution < 1.29 is 14.3 Å². The second-order valence-corrected chi connectivity index (χ2v) is 7.82. The Bertz CT molecular complexity index is 814. The van der Waals surface area contributed by atoms with E-state index >= 15 is 0 Å². The SMILES string of the molecule is O=C(CCCNC(=O)c1ccc(Cl)cc1)NCC1CN(Cc2ccccc2)CCO1. The van der Waals surface area contributed by atoms with Crippen LogP contribution in [0, 0.1) is 0 Å². The van der Waals surface area contributed by atoms with Crippen molar-refractivity contribution >= 4 is 23.4 Å². The number of carbonyl (C=O) groups excluding carboxylic acids is 2. The maximum atomic E-state index is 12.1. The first-order chi connectivity index (χ1) is 14.6. The van der Waals surface area contributed by atoms with Gasteiger partial charge >= 0.3 is 0 Å². The highest BCUT2D eigenvalue weighted by Gasteiger charge is 2.21. The second kappa shape index (κ2) is 11.7. The van der Waals surface area contributed by atoms with E-state index in [4.69, 9.17) is 16.3 Å². The minimum Gasteiger partial charge on any atom is -0.374 e. The van der Waals surface area contributed by atoms with Crippen LogP contribution in [-0.2, 0) is 16.1 Å². The molecule has 0 bridgehead atoms. The predicted octanol–water partition coefficient (Wildman–Crippen LogP) is 2.87. The molecule has 160 valence electrons. The van der Waals surface area contributed by atoms with Crippen LogP contribution < -0.4 is 10.6 Å². The molecule has 1 fully saturated rings. The van der Waals surface area contributed by atoms with Gasteiger partial charge in [-0.1, -0.05) is 41.9 Å². The van der Waals surface area contributed by atoms with Gasteiger partial charge in [-0.2, -0.15) is 0 Å². The van der Waals surface area contributed by atoms with Gasteiger partial charge in [-0.3, -0.25) is 14.5 Å². The number of morpholine rings is 1. The molecule has 0 radical (unpaired) electrons. The second-order valence-electron chi connectivity index (χ2n) is 7.38. The molecule has 1 saturated heterocycles. The van der Waals surface area contributed by atoms with Crippen molar-refractivity contribution in [3.8, 4) is 0 Å². The number of benzene rings is 2. The zero-order chi connectivity index (χ0) is 21.2. The van der Waals surface area contributed by atoms with Crippen LogP contribution >= 0.6 is 11.6 Å². The predicted molar refractivity (Wildman–Crippen MR) is 117 cm³/mol. The molecule has 1 unspecified atom stereocenters. The highest BCUT2D eigenvalue weighted by Crippen LogP contribution is 2.11. The van der Waals surface area contributed by atoms with E-state index in [1.165, 1.54) is 5.56 Å². The number of carbonyl (C=O) groups is 2. The van der Waals surface area contributed by atoms with Crippen molar-refractivity contribution in [2.75, 3.05) is 32.8 Å². The Morgan fingerprint density at radius 2 is 1.83 bits per heavy atom. The summed E-state index contributed by atoms with van der Waals surface area (Å²) in [5.74, 6) is -0.194. The third-order valence-corrected chi connectivity index (χ3v) is 5.22. The molecule has 2 N–H and O–H groups in total. The summed E-state index contributed by atoms with van der Waals surface area (Å²) in [6.45, 7) is 4.20. The minimum atomic E-state index is -0.166. The summed E-state index contributed by atoms with van der Waals surface area (Å²) in [6.07, 6.45) is 0.939. The van der Waals surface area contributed by atoms with Crippen LogP contribution in [0.25, 0.3) is 0 Å². The van der Waals surface area contributed by atoms with Gasteiger partial charge in [0.25, 0.3) is 5.91 Å². The lowest BCUT2D eigenvalue weighted by Crippen LogP contribution is -2.47. The average molecular weight is 430 g/mol. The number of ether oxygens (including phenoxy) is 1. The van der Waals surface area contributed by atoms with Crippen LogP contribution in [0.15, 0.2) is 54.6 Å². The smallest absolute Gasteiger partial charge is 0.251 e. The highest BCUT2D eigenvalue weighted by atomic mass is 35.5. The maximum absolute atomic E-state index is 12.1. The fraction of sp³-hybridized carbons (Fsp3) is 0.391. The monoisotopic (exact) mass is 429 g/mol. The van der Waals surface area contributed by atoms with Crippen molar-refractivity contribution in [3.63, 3.8) is 0 Å². The fourth-order valence-corrected chi connectivity index (χ4v) is 3.49. The molecule has 6 nitrogen and oxygen atoms in total. The molecule has 2 amide bonds. The maximum Gasteiger partial charge on any atom is 0.251 e. The molecule has 0 saturated carbocycles. The Morgan fingerprint density at radius 1 is 1.07 bits per heavy atom. The number of hydrogen-bond donors (Lipinski definition) is 2. The summed E-state index contributed by atoms with van der Waals surface area (Å²) >= 11 is 5.82. The van der Waals surface area contributed by atoms with Gasteiger partial charge in [0.2, 0.25) is 5.91 Å². The number of nitrogens with one attached hydrogen (secondary N) is 2. The van der Waals surface area contributed by atoms with Crippen molar-refractivity contribution in [1.29, 1.82) is 0 Å². The topological polar surface area (TPSA) is 70.7 Å². The zero-order valence-electron chi connectivity index (χ0n) is 17.0. The van der Waals surface area contributed by atoms with Crippen molar-refractivity contribution in [2.24, 2.45) is 0 Å². The highest BCUT2D eigenvalue weighted by molar-refractivity contribution is 6.30. The number of halogens is 1. The Balaban J connectivity index is 1.29. The lowest BCUT2D eigenvalue weighted by Gasteiger charge is -2.33. The first-order valence-electron chi connectivity index (χ1n) is 10.3. The third-order valence-electron chi connectivity index (χ3n) is 4.97. The first-order valence-corrected chi connectivity index (χ1v) is 10.7. The van der Waals surface area contributed by atoms with Gasteiger partial charge < -0.3 is 15.4 Å². The van der Waals surface area contributed by atoms with E-state index in [2.05, 4.69) is 27.7 Å². The molecule has 1 aliphatic heterocycles. The van der Waals surface area contributed by atoms with E-state index in [9.17, 15) is 9.59 Å². The summed E-state index contributed by atoms with van der Waals surface area (Å²) in [5.41, 5.74) is 1.83. The van der Waals surface area contributed by atoms with Gasteiger partial charge in [0.1, 0.15) is 0 Å². The molecule has 7 heteroatoms. The van der Waals surface area contributed by atoms with Gasteiger partial charge in [-0.25, -0.2) is 0 Å². The average Bonchev–Trinajstić information content (AvgIpc) is 2.76. The number of amides is 2. The molecule has 0 aromatic heterocycles. The third kappa shape index (κ3) is 7.44. The van der Waals surface area contributed by atoms with Crippen LogP contribution in [0.5, 0.6) is 0 Å².